The number of rotatable bonds is 6. The Morgan fingerprint density at radius 1 is 1.21 bits per heavy atom. The van der Waals surface area contributed by atoms with Crippen LogP contribution in [-0.2, 0) is 22.6 Å². The zero-order valence-electron chi connectivity index (χ0n) is 14.6. The molecular weight excluding hydrogens is 304 g/mol. The number of nitrogens with zero attached hydrogens (tertiary/aromatic N) is 4. The van der Waals surface area contributed by atoms with Crippen LogP contribution in [0.1, 0.15) is 19.7 Å². The number of aromatic nitrogens is 2. The van der Waals surface area contributed by atoms with E-state index in [9.17, 15) is 4.79 Å². The average Bonchev–Trinajstić information content (AvgIpc) is 2.94. The number of hydrogen-bond donors (Lipinski definition) is 0. The van der Waals surface area contributed by atoms with Crippen molar-refractivity contribution in [1.82, 2.24) is 19.4 Å². The van der Waals surface area contributed by atoms with Crippen molar-refractivity contribution < 1.29 is 9.53 Å². The maximum absolute atomic E-state index is 12.6. The molecule has 0 radical (unpaired) electrons. The number of fused-ring (bicyclic) bond motifs is 1. The molecular formula is C18H26N4O2. The van der Waals surface area contributed by atoms with E-state index < -0.39 is 0 Å². The van der Waals surface area contributed by atoms with E-state index >= 15 is 0 Å². The zero-order chi connectivity index (χ0) is 16.9. The lowest BCUT2D eigenvalue weighted by Crippen LogP contribution is -2.37. The molecule has 3 rings (SSSR count). The van der Waals surface area contributed by atoms with Crippen LogP contribution in [0.4, 0.5) is 0 Å². The molecule has 1 aromatic heterocycles. The summed E-state index contributed by atoms with van der Waals surface area (Å²) >= 11 is 0. The highest BCUT2D eigenvalue weighted by molar-refractivity contribution is 5.81. The maximum Gasteiger partial charge on any atom is 0.242 e. The number of amides is 1. The fraction of sp³-hybridized carbons (Fsp3) is 0.556. The smallest absolute Gasteiger partial charge is 0.242 e. The summed E-state index contributed by atoms with van der Waals surface area (Å²) < 4.78 is 7.50. The minimum atomic E-state index is 0.145. The predicted octanol–water partition coefficient (Wildman–Crippen LogP) is 1.74. The fourth-order valence-corrected chi connectivity index (χ4v) is 3.19. The fourth-order valence-electron chi connectivity index (χ4n) is 3.19. The van der Waals surface area contributed by atoms with E-state index in [0.717, 1.165) is 62.8 Å². The van der Waals surface area contributed by atoms with E-state index in [2.05, 4.69) is 9.47 Å². The molecule has 6 nitrogen and oxygen atoms in total. The lowest BCUT2D eigenvalue weighted by Gasteiger charge is -2.26. The van der Waals surface area contributed by atoms with Crippen molar-refractivity contribution in [2.75, 3.05) is 39.4 Å². The number of hydrogen-bond acceptors (Lipinski definition) is 4. The Labute approximate surface area is 143 Å². The third kappa shape index (κ3) is 3.60. The van der Waals surface area contributed by atoms with Gasteiger partial charge in [0.15, 0.2) is 0 Å². The van der Waals surface area contributed by atoms with Crippen molar-refractivity contribution in [3.63, 3.8) is 0 Å². The van der Waals surface area contributed by atoms with E-state index in [1.807, 2.05) is 43.0 Å². The third-order valence-corrected chi connectivity index (χ3v) is 4.61. The second-order valence-electron chi connectivity index (χ2n) is 6.06. The van der Waals surface area contributed by atoms with Crippen LogP contribution in [0.5, 0.6) is 0 Å². The van der Waals surface area contributed by atoms with Crippen LogP contribution in [0.15, 0.2) is 24.3 Å². The normalized spacial score (nSPS) is 15.8. The standard InChI is InChI=1S/C18H26N4O2/c1-3-21(4-2)18(23)14-22-16-8-6-5-7-15(16)19-17(22)13-20-9-11-24-12-10-20/h5-8H,3-4,9-14H2,1-2H3. The molecule has 0 bridgehead atoms. The molecule has 0 spiro atoms. The molecule has 0 saturated carbocycles. The van der Waals surface area contributed by atoms with Crippen molar-refractivity contribution in [2.24, 2.45) is 0 Å². The van der Waals surface area contributed by atoms with Gasteiger partial charge in [-0.15, -0.1) is 0 Å². The number of likely N-dealkylation sites (N-methyl/N-ethyl adjacent to an activating group) is 1. The summed E-state index contributed by atoms with van der Waals surface area (Å²) in [5, 5.41) is 0. The lowest BCUT2D eigenvalue weighted by atomic mass is 10.3. The first kappa shape index (κ1) is 16.9. The van der Waals surface area contributed by atoms with Gasteiger partial charge >= 0.3 is 0 Å². The maximum atomic E-state index is 12.6. The quantitative estimate of drug-likeness (QED) is 0.809. The van der Waals surface area contributed by atoms with Crippen LogP contribution in [-0.4, -0.2) is 64.7 Å². The van der Waals surface area contributed by atoms with E-state index in [1.165, 1.54) is 0 Å². The van der Waals surface area contributed by atoms with Gasteiger partial charge < -0.3 is 14.2 Å². The summed E-state index contributed by atoms with van der Waals surface area (Å²) in [6, 6.07) is 8.04. The third-order valence-electron chi connectivity index (χ3n) is 4.61. The number of carbonyl (C=O) groups is 1. The van der Waals surface area contributed by atoms with E-state index in [-0.39, 0.29) is 5.91 Å². The summed E-state index contributed by atoms with van der Waals surface area (Å²) in [4.78, 5) is 21.6. The summed E-state index contributed by atoms with van der Waals surface area (Å²) in [5.74, 6) is 1.10. The molecule has 1 aromatic carbocycles. The molecule has 0 N–H and O–H groups in total. The largest absolute Gasteiger partial charge is 0.379 e. The van der Waals surface area contributed by atoms with Gasteiger partial charge in [0.2, 0.25) is 5.91 Å². The van der Waals surface area contributed by atoms with Gasteiger partial charge in [-0.05, 0) is 26.0 Å². The van der Waals surface area contributed by atoms with Crippen LogP contribution < -0.4 is 0 Å². The predicted molar refractivity (Wildman–Crippen MR) is 93.8 cm³/mol. The van der Waals surface area contributed by atoms with Gasteiger partial charge in [0.25, 0.3) is 0 Å². The Balaban J connectivity index is 1.88. The van der Waals surface area contributed by atoms with Crippen molar-refractivity contribution in [3.8, 4) is 0 Å². The van der Waals surface area contributed by atoms with Crippen LogP contribution in [0.2, 0.25) is 0 Å². The summed E-state index contributed by atoms with van der Waals surface area (Å²) in [6.07, 6.45) is 0. The van der Waals surface area contributed by atoms with Crippen LogP contribution in [0.3, 0.4) is 0 Å². The highest BCUT2D eigenvalue weighted by Gasteiger charge is 2.19. The Kier molecular flexibility index (Phi) is 5.48. The molecule has 0 atom stereocenters. The number of carbonyl (C=O) groups excluding carboxylic acids is 1. The Morgan fingerprint density at radius 2 is 1.92 bits per heavy atom. The minimum Gasteiger partial charge on any atom is -0.379 e. The van der Waals surface area contributed by atoms with Gasteiger partial charge in [-0.3, -0.25) is 9.69 Å². The van der Waals surface area contributed by atoms with Gasteiger partial charge in [0.05, 0.1) is 30.8 Å². The second kappa shape index (κ2) is 7.77. The molecule has 1 fully saturated rings. The molecule has 1 aliphatic heterocycles. The minimum absolute atomic E-state index is 0.145. The molecule has 2 aromatic rings. The average molecular weight is 330 g/mol. The number of morpholine rings is 1. The molecule has 24 heavy (non-hydrogen) atoms. The first-order valence-corrected chi connectivity index (χ1v) is 8.75. The van der Waals surface area contributed by atoms with Gasteiger partial charge in [0, 0.05) is 26.2 Å². The molecule has 0 aliphatic carbocycles. The first-order chi connectivity index (χ1) is 11.7. The molecule has 130 valence electrons. The van der Waals surface area contributed by atoms with Crippen molar-refractivity contribution >= 4 is 16.9 Å². The van der Waals surface area contributed by atoms with Gasteiger partial charge in [0.1, 0.15) is 12.4 Å². The van der Waals surface area contributed by atoms with Crippen LogP contribution in [0, 0.1) is 0 Å². The SMILES string of the molecule is CCN(CC)C(=O)Cn1c(CN2CCOCC2)nc2ccccc21. The van der Waals surface area contributed by atoms with Crippen molar-refractivity contribution in [1.29, 1.82) is 0 Å². The number of para-hydroxylation sites is 2. The summed E-state index contributed by atoms with van der Waals surface area (Å²) in [7, 11) is 0. The molecule has 2 heterocycles. The van der Waals surface area contributed by atoms with Crippen LogP contribution in [0.25, 0.3) is 11.0 Å². The number of ether oxygens (including phenoxy) is 1. The van der Waals surface area contributed by atoms with Crippen LogP contribution >= 0.6 is 0 Å². The lowest BCUT2D eigenvalue weighted by molar-refractivity contribution is -0.131. The van der Waals surface area contributed by atoms with Gasteiger partial charge in [-0.2, -0.15) is 0 Å². The molecule has 1 amide bonds. The second-order valence-corrected chi connectivity index (χ2v) is 6.06. The highest BCUT2D eigenvalue weighted by Crippen LogP contribution is 2.18. The Bertz CT molecular complexity index is 687. The van der Waals surface area contributed by atoms with Gasteiger partial charge in [-0.25, -0.2) is 4.98 Å². The highest BCUT2D eigenvalue weighted by atomic mass is 16.5. The molecule has 1 aliphatic rings. The first-order valence-electron chi connectivity index (χ1n) is 8.75. The topological polar surface area (TPSA) is 50.6 Å². The monoisotopic (exact) mass is 330 g/mol. The van der Waals surface area contributed by atoms with E-state index in [4.69, 9.17) is 9.72 Å². The molecule has 6 heteroatoms. The number of imidazole rings is 1. The van der Waals surface area contributed by atoms with Crippen molar-refractivity contribution in [3.05, 3.63) is 30.1 Å². The summed E-state index contributed by atoms with van der Waals surface area (Å²) in [6.45, 7) is 9.95. The van der Waals surface area contributed by atoms with E-state index in [0.29, 0.717) is 6.54 Å². The number of benzene rings is 1. The Hall–Kier alpha value is -1.92. The molecule has 1 saturated heterocycles. The Morgan fingerprint density at radius 3 is 2.62 bits per heavy atom. The van der Waals surface area contributed by atoms with Gasteiger partial charge in [-0.1, -0.05) is 12.1 Å². The van der Waals surface area contributed by atoms with Crippen molar-refractivity contribution in [2.45, 2.75) is 26.9 Å². The van der Waals surface area contributed by atoms with E-state index in [1.54, 1.807) is 0 Å². The molecule has 0 unspecified atom stereocenters. The zero-order valence-corrected chi connectivity index (χ0v) is 14.6. The summed E-state index contributed by atoms with van der Waals surface area (Å²) in [5.41, 5.74) is 1.98.